The summed E-state index contributed by atoms with van der Waals surface area (Å²) in [7, 11) is 1.72. The highest BCUT2D eigenvalue weighted by Crippen LogP contribution is 2.31. The number of amides is 2. The van der Waals surface area contributed by atoms with Gasteiger partial charge in [-0.1, -0.05) is 37.5 Å². The molecular weight excluding hydrogens is 572 g/mol. The van der Waals surface area contributed by atoms with Gasteiger partial charge in [-0.05, 0) is 23.6 Å². The molecule has 1 aromatic heterocycles. The Morgan fingerprint density at radius 2 is 2.00 bits per heavy atom. The van der Waals surface area contributed by atoms with Gasteiger partial charge in [0.05, 0.1) is 24.4 Å². The van der Waals surface area contributed by atoms with E-state index >= 15 is 0 Å². The number of piperazine rings is 1. The number of carbonyl (C=O) groups is 3. The average molecular weight is 611 g/mol. The molecule has 3 saturated heterocycles. The van der Waals surface area contributed by atoms with Gasteiger partial charge in [0.25, 0.3) is 5.91 Å². The lowest BCUT2D eigenvalue weighted by atomic mass is 9.96. The molecule has 3 aliphatic rings. The first-order valence-electron chi connectivity index (χ1n) is 14.7. The number of Topliss-reactive ketones (excluding diaryl/α,β-unsaturated/α-hetero) is 1. The van der Waals surface area contributed by atoms with E-state index in [4.69, 9.17) is 20.0 Å². The fourth-order valence-electron chi connectivity index (χ4n) is 5.83. The number of rotatable bonds is 11. The Kier molecular flexibility index (Phi) is 9.93. The molecule has 14 heteroatoms. The summed E-state index contributed by atoms with van der Waals surface area (Å²) in [6.45, 7) is 9.21. The van der Waals surface area contributed by atoms with Crippen LogP contribution in [0.25, 0.3) is 21.7 Å². The molecule has 0 bridgehead atoms. The van der Waals surface area contributed by atoms with Crippen LogP contribution in [0.4, 0.5) is 5.13 Å². The quantitative estimate of drug-likeness (QED) is 0.231. The monoisotopic (exact) mass is 610 g/mol. The van der Waals surface area contributed by atoms with Crippen LogP contribution in [0.2, 0.25) is 0 Å². The number of thiazole rings is 1. The fraction of sp³-hybridized carbons (Fsp3) is 0.586. The molecule has 5 atom stereocenters. The topological polar surface area (TPSA) is 153 Å². The van der Waals surface area contributed by atoms with Crippen molar-refractivity contribution in [1.82, 2.24) is 20.1 Å². The van der Waals surface area contributed by atoms with Crippen LogP contribution in [0, 0.1) is 5.92 Å². The molecule has 0 unspecified atom stereocenters. The number of benzene rings is 1. The second-order valence-electron chi connectivity index (χ2n) is 11.2. The number of ketones is 1. The van der Waals surface area contributed by atoms with Crippen molar-refractivity contribution in [3.63, 3.8) is 0 Å². The number of fused-ring (bicyclic) bond motifs is 1. The molecule has 0 spiro atoms. The largest absolute Gasteiger partial charge is 0.383 e. The Morgan fingerprint density at radius 3 is 2.67 bits per heavy atom. The van der Waals surface area contributed by atoms with Gasteiger partial charge in [-0.15, -0.1) is 11.3 Å². The first-order valence-corrected chi connectivity index (χ1v) is 15.5. The molecule has 43 heavy (non-hydrogen) atoms. The molecule has 0 radical (unpaired) electrons. The minimum Gasteiger partial charge on any atom is -0.383 e. The number of hydrogen-bond donors (Lipinski definition) is 1. The van der Waals surface area contributed by atoms with Gasteiger partial charge in [-0.2, -0.15) is 0 Å². The lowest BCUT2D eigenvalue weighted by molar-refractivity contribution is -0.139. The molecule has 230 valence electrons. The molecule has 2 aromatic rings. The van der Waals surface area contributed by atoms with Gasteiger partial charge in [0.2, 0.25) is 5.91 Å². The SMILES string of the molecule is CC[C@H](C)[C@H](NC(=O)c1ccc(-c2csc(N3CCN(CCOC)CC3)n2)cc1)C(=O)N1C[C@H](N=[N+]=[N-])[C@H]2OCC(=O)[C@H]21. The van der Waals surface area contributed by atoms with Gasteiger partial charge in [0.1, 0.15) is 18.7 Å². The van der Waals surface area contributed by atoms with E-state index < -0.39 is 24.2 Å². The number of nitrogens with zero attached hydrogens (tertiary/aromatic N) is 7. The standard InChI is InChI=1S/C29H38N8O5S/c1-4-18(2)24(28(40)37-15-21(33-34-30)26-25(37)23(38)16-42-26)32-27(39)20-7-5-19(6-8-20)22-17-43-29(31-22)36-11-9-35(10-12-36)13-14-41-3/h5-8,17-18,21,24-26H,4,9-16H2,1-3H3,(H,32,39)/t18-,21-,24-,25+,26+/m0/s1. The summed E-state index contributed by atoms with van der Waals surface area (Å²) < 4.78 is 10.7. The van der Waals surface area contributed by atoms with Gasteiger partial charge in [0.15, 0.2) is 10.9 Å². The molecule has 1 aromatic carbocycles. The van der Waals surface area contributed by atoms with E-state index in [1.807, 2.05) is 31.4 Å². The highest BCUT2D eigenvalue weighted by Gasteiger charge is 2.53. The Balaban J connectivity index is 1.23. The lowest BCUT2D eigenvalue weighted by Crippen LogP contribution is -2.54. The molecule has 4 heterocycles. The van der Waals surface area contributed by atoms with Crippen molar-refractivity contribution in [3.05, 3.63) is 45.7 Å². The zero-order chi connectivity index (χ0) is 30.5. The molecule has 3 fully saturated rings. The van der Waals surface area contributed by atoms with Gasteiger partial charge in [-0.3, -0.25) is 19.3 Å². The molecule has 3 aliphatic heterocycles. The first kappa shape index (κ1) is 30.9. The minimum atomic E-state index is -0.855. The van der Waals surface area contributed by atoms with Crippen molar-refractivity contribution in [2.24, 2.45) is 11.0 Å². The number of carbonyl (C=O) groups excluding carboxylic acids is 3. The zero-order valence-corrected chi connectivity index (χ0v) is 25.5. The normalized spacial score (nSPS) is 23.5. The third kappa shape index (κ3) is 6.68. The van der Waals surface area contributed by atoms with Crippen LogP contribution < -0.4 is 10.2 Å². The van der Waals surface area contributed by atoms with Crippen molar-refractivity contribution < 1.29 is 23.9 Å². The van der Waals surface area contributed by atoms with Crippen LogP contribution in [0.3, 0.4) is 0 Å². The summed E-state index contributed by atoms with van der Waals surface area (Å²) in [5.74, 6) is -1.18. The number of methoxy groups -OCH3 is 1. The summed E-state index contributed by atoms with van der Waals surface area (Å²) in [5, 5.41) is 9.67. The summed E-state index contributed by atoms with van der Waals surface area (Å²) in [4.78, 5) is 53.4. The highest BCUT2D eigenvalue weighted by molar-refractivity contribution is 7.14. The van der Waals surface area contributed by atoms with Gasteiger partial charge in [-0.25, -0.2) is 4.98 Å². The van der Waals surface area contributed by atoms with E-state index in [2.05, 4.69) is 25.1 Å². The molecule has 1 N–H and O–H groups in total. The van der Waals surface area contributed by atoms with E-state index in [1.54, 1.807) is 30.6 Å². The predicted octanol–water partition coefficient (Wildman–Crippen LogP) is 2.58. The zero-order valence-electron chi connectivity index (χ0n) is 24.7. The number of anilines is 1. The van der Waals surface area contributed by atoms with Gasteiger partial charge >= 0.3 is 0 Å². The summed E-state index contributed by atoms with van der Waals surface area (Å²) in [6.07, 6.45) is -0.0271. The summed E-state index contributed by atoms with van der Waals surface area (Å²) in [5.41, 5.74) is 11.1. The molecule has 2 amide bonds. The maximum absolute atomic E-state index is 13.7. The van der Waals surface area contributed by atoms with E-state index in [-0.39, 0.29) is 36.7 Å². The lowest BCUT2D eigenvalue weighted by Gasteiger charge is -2.34. The Hall–Kier alpha value is -3.55. The Bertz CT molecular complexity index is 1350. The number of hydrogen-bond acceptors (Lipinski definition) is 10. The van der Waals surface area contributed by atoms with Crippen LogP contribution in [0.5, 0.6) is 0 Å². The van der Waals surface area contributed by atoms with Crippen LogP contribution >= 0.6 is 11.3 Å². The first-order chi connectivity index (χ1) is 20.8. The van der Waals surface area contributed by atoms with Crippen molar-refractivity contribution in [3.8, 4) is 11.3 Å². The number of likely N-dealkylation sites (tertiary alicyclic amines) is 1. The van der Waals surface area contributed by atoms with Gasteiger partial charge in [0, 0.05) is 67.8 Å². The van der Waals surface area contributed by atoms with E-state index in [0.29, 0.717) is 12.0 Å². The fourth-order valence-corrected chi connectivity index (χ4v) is 6.72. The molecule has 5 rings (SSSR count). The summed E-state index contributed by atoms with van der Waals surface area (Å²) in [6, 6.07) is 4.87. The number of ether oxygens (including phenoxy) is 2. The maximum Gasteiger partial charge on any atom is 0.251 e. The Morgan fingerprint density at radius 1 is 1.26 bits per heavy atom. The van der Waals surface area contributed by atoms with Crippen molar-refractivity contribution in [2.75, 3.05) is 64.5 Å². The predicted molar refractivity (Wildman–Crippen MR) is 162 cm³/mol. The van der Waals surface area contributed by atoms with E-state index in [9.17, 15) is 14.4 Å². The molecule has 0 saturated carbocycles. The number of aromatic nitrogens is 1. The van der Waals surface area contributed by atoms with Crippen molar-refractivity contribution >= 4 is 34.1 Å². The third-order valence-electron chi connectivity index (χ3n) is 8.60. The highest BCUT2D eigenvalue weighted by atomic mass is 32.1. The van der Waals surface area contributed by atoms with Crippen LogP contribution in [0.15, 0.2) is 34.8 Å². The second-order valence-corrected chi connectivity index (χ2v) is 12.0. The maximum atomic E-state index is 13.7. The van der Waals surface area contributed by atoms with Crippen LogP contribution in [-0.4, -0.2) is 116 Å². The number of nitrogens with one attached hydrogen (secondary N) is 1. The van der Waals surface area contributed by atoms with Crippen LogP contribution in [-0.2, 0) is 19.1 Å². The van der Waals surface area contributed by atoms with Gasteiger partial charge < -0.3 is 24.6 Å². The smallest absolute Gasteiger partial charge is 0.251 e. The minimum absolute atomic E-state index is 0.0700. The molecule has 13 nitrogen and oxygen atoms in total. The average Bonchev–Trinajstić information content (AvgIpc) is 3.76. The van der Waals surface area contributed by atoms with Crippen molar-refractivity contribution in [1.29, 1.82) is 0 Å². The van der Waals surface area contributed by atoms with E-state index in [0.717, 1.165) is 55.7 Å². The molecule has 0 aliphatic carbocycles. The second kappa shape index (κ2) is 13.8. The van der Waals surface area contributed by atoms with E-state index in [1.165, 1.54) is 4.90 Å². The summed E-state index contributed by atoms with van der Waals surface area (Å²) >= 11 is 1.61. The number of azide groups is 1. The van der Waals surface area contributed by atoms with Crippen LogP contribution in [0.1, 0.15) is 30.6 Å². The van der Waals surface area contributed by atoms with Crippen molar-refractivity contribution in [2.45, 2.75) is 44.5 Å². The Labute approximate surface area is 254 Å². The third-order valence-corrected chi connectivity index (χ3v) is 9.50. The molecular formula is C29H38N8O5S.